The maximum absolute atomic E-state index is 6.54. The maximum atomic E-state index is 6.54. The summed E-state index contributed by atoms with van der Waals surface area (Å²) in [5.74, 6) is 1.87. The predicted octanol–water partition coefficient (Wildman–Crippen LogP) is 13.9. The van der Waals surface area contributed by atoms with Crippen molar-refractivity contribution in [2.24, 2.45) is 0 Å². The van der Waals surface area contributed by atoms with Crippen LogP contribution in [0.25, 0.3) is 115 Å². The van der Waals surface area contributed by atoms with E-state index in [9.17, 15) is 0 Å². The molecular formula is C51H30N4OS. The normalized spacial score (nSPS) is 11.9. The number of thiophene rings is 1. The summed E-state index contributed by atoms with van der Waals surface area (Å²) < 4.78 is 11.3. The number of furan rings is 1. The lowest BCUT2D eigenvalue weighted by Crippen LogP contribution is -2.00. The van der Waals surface area contributed by atoms with Gasteiger partial charge in [0.1, 0.15) is 11.2 Å². The van der Waals surface area contributed by atoms with Gasteiger partial charge in [0.15, 0.2) is 17.5 Å². The molecule has 0 bridgehead atoms. The van der Waals surface area contributed by atoms with Crippen LogP contribution < -0.4 is 0 Å². The fraction of sp³-hybridized carbons (Fsp3) is 0. The molecule has 4 heterocycles. The quantitative estimate of drug-likeness (QED) is 0.176. The van der Waals surface area contributed by atoms with Gasteiger partial charge in [-0.05, 0) is 77.9 Å². The van der Waals surface area contributed by atoms with Crippen LogP contribution in [0.4, 0.5) is 0 Å². The van der Waals surface area contributed by atoms with Crippen LogP contribution >= 0.6 is 11.3 Å². The molecule has 0 amide bonds. The molecule has 0 atom stereocenters. The Bertz CT molecular complexity index is 3530. The molecule has 0 aliphatic heterocycles. The third-order valence-corrected chi connectivity index (χ3v) is 12.2. The van der Waals surface area contributed by atoms with Gasteiger partial charge in [0.2, 0.25) is 0 Å². The lowest BCUT2D eigenvalue weighted by molar-refractivity contribution is 0.669. The number of rotatable bonds is 5. The van der Waals surface area contributed by atoms with Crippen molar-refractivity contribution in [2.45, 2.75) is 0 Å². The molecule has 0 aliphatic rings. The van der Waals surface area contributed by atoms with E-state index in [1.807, 2.05) is 30.3 Å². The second kappa shape index (κ2) is 12.6. The second-order valence-electron chi connectivity index (χ2n) is 14.4. The van der Waals surface area contributed by atoms with E-state index in [4.69, 9.17) is 19.4 Å². The van der Waals surface area contributed by atoms with Crippen LogP contribution in [-0.2, 0) is 0 Å². The Hall–Kier alpha value is -7.41. The maximum Gasteiger partial charge on any atom is 0.164 e. The Labute approximate surface area is 330 Å². The summed E-state index contributed by atoms with van der Waals surface area (Å²) in [5, 5.41) is 6.95. The first-order valence-electron chi connectivity index (χ1n) is 19.0. The zero-order valence-electron chi connectivity index (χ0n) is 30.4. The largest absolute Gasteiger partial charge is 0.456 e. The monoisotopic (exact) mass is 746 g/mol. The number of aromatic nitrogens is 4. The Morgan fingerprint density at radius 1 is 0.386 bits per heavy atom. The zero-order valence-corrected chi connectivity index (χ0v) is 31.2. The van der Waals surface area contributed by atoms with E-state index >= 15 is 0 Å². The third-order valence-electron chi connectivity index (χ3n) is 11.1. The SMILES string of the molecule is c1ccc(-c2nc(-c3ccc4c(c3)oc3ccc(-c5ccc6c(c5)c5ccccc5n6-c5ccccc5)cc34)nc(-c3cccc4sc5ccccc5c34)n2)cc1. The van der Waals surface area contributed by atoms with Gasteiger partial charge in [0, 0.05) is 64.1 Å². The zero-order chi connectivity index (χ0) is 37.5. The lowest BCUT2D eigenvalue weighted by Gasteiger charge is -2.09. The molecule has 8 aromatic carbocycles. The van der Waals surface area contributed by atoms with E-state index in [0.717, 1.165) is 55.4 Å². The minimum absolute atomic E-state index is 0.599. The fourth-order valence-corrected chi connectivity index (χ4v) is 9.54. The van der Waals surface area contributed by atoms with Crippen LogP contribution in [0.15, 0.2) is 186 Å². The van der Waals surface area contributed by atoms with Crippen LogP contribution in [0, 0.1) is 0 Å². The van der Waals surface area contributed by atoms with Gasteiger partial charge in [-0.3, -0.25) is 0 Å². The highest BCUT2D eigenvalue weighted by Gasteiger charge is 2.19. The molecule has 0 saturated heterocycles. The fourth-order valence-electron chi connectivity index (χ4n) is 8.41. The number of fused-ring (bicyclic) bond motifs is 9. The molecule has 0 aliphatic carbocycles. The van der Waals surface area contributed by atoms with Crippen molar-refractivity contribution in [3.05, 3.63) is 182 Å². The summed E-state index contributed by atoms with van der Waals surface area (Å²) in [6, 6.07) is 63.9. The standard InChI is InChI=1S/C51H30N4OS/c1-3-12-31(13-4-1)49-52-50(54-51(53-49)39-18-11-21-47-48(39)38-17-8-10-20-46(38)57-47)34-22-25-37-41-29-33(24-27-44(41)56-45(37)30-34)32-23-26-43-40(28-32)36-16-7-9-19-42(36)55(43)35-14-5-2-6-15-35/h1-30H. The van der Waals surface area contributed by atoms with Crippen molar-refractivity contribution >= 4 is 75.3 Å². The van der Waals surface area contributed by atoms with Crippen molar-refractivity contribution < 1.29 is 4.42 Å². The molecule has 57 heavy (non-hydrogen) atoms. The average molecular weight is 747 g/mol. The molecule has 5 nitrogen and oxygen atoms in total. The Kier molecular flexibility index (Phi) is 7.03. The molecule has 0 saturated carbocycles. The smallest absolute Gasteiger partial charge is 0.164 e. The summed E-state index contributed by atoms with van der Waals surface area (Å²) in [6.45, 7) is 0. The van der Waals surface area contributed by atoms with Gasteiger partial charge < -0.3 is 8.98 Å². The van der Waals surface area contributed by atoms with Crippen molar-refractivity contribution in [2.75, 3.05) is 0 Å². The molecular weight excluding hydrogens is 717 g/mol. The highest BCUT2D eigenvalue weighted by atomic mass is 32.1. The van der Waals surface area contributed by atoms with Gasteiger partial charge in [0.25, 0.3) is 0 Å². The summed E-state index contributed by atoms with van der Waals surface area (Å²) in [7, 11) is 0. The van der Waals surface area contributed by atoms with Gasteiger partial charge in [0.05, 0.1) is 11.0 Å². The van der Waals surface area contributed by atoms with E-state index in [1.54, 1.807) is 11.3 Å². The topological polar surface area (TPSA) is 56.7 Å². The lowest BCUT2D eigenvalue weighted by atomic mass is 10.0. The van der Waals surface area contributed by atoms with Crippen molar-refractivity contribution in [3.8, 4) is 51.0 Å². The number of hydrogen-bond acceptors (Lipinski definition) is 5. The van der Waals surface area contributed by atoms with E-state index in [-0.39, 0.29) is 0 Å². The van der Waals surface area contributed by atoms with Crippen molar-refractivity contribution in [3.63, 3.8) is 0 Å². The first-order chi connectivity index (χ1) is 28.2. The molecule has 6 heteroatoms. The number of para-hydroxylation sites is 2. The Balaban J connectivity index is 0.981. The molecule has 0 radical (unpaired) electrons. The highest BCUT2D eigenvalue weighted by Crippen LogP contribution is 2.41. The van der Waals surface area contributed by atoms with Crippen molar-refractivity contribution in [1.29, 1.82) is 0 Å². The van der Waals surface area contributed by atoms with Gasteiger partial charge in [-0.2, -0.15) is 0 Å². The summed E-state index contributed by atoms with van der Waals surface area (Å²) in [4.78, 5) is 15.3. The summed E-state index contributed by atoms with van der Waals surface area (Å²) in [5.41, 5.74) is 10.2. The molecule has 0 spiro atoms. The summed E-state index contributed by atoms with van der Waals surface area (Å²) >= 11 is 1.79. The highest BCUT2D eigenvalue weighted by molar-refractivity contribution is 7.25. The first-order valence-corrected chi connectivity index (χ1v) is 19.8. The minimum atomic E-state index is 0.599. The predicted molar refractivity (Wildman–Crippen MR) is 236 cm³/mol. The molecule has 0 fully saturated rings. The first kappa shape index (κ1) is 31.9. The van der Waals surface area contributed by atoms with Crippen LogP contribution in [0.1, 0.15) is 0 Å². The average Bonchev–Trinajstić information content (AvgIpc) is 3.95. The number of benzene rings is 8. The Morgan fingerprint density at radius 2 is 1.04 bits per heavy atom. The van der Waals surface area contributed by atoms with Crippen LogP contribution in [0.5, 0.6) is 0 Å². The molecule has 4 aromatic heterocycles. The van der Waals surface area contributed by atoms with Gasteiger partial charge >= 0.3 is 0 Å². The van der Waals surface area contributed by atoms with E-state index in [2.05, 4.69) is 156 Å². The number of hydrogen-bond donors (Lipinski definition) is 0. The van der Waals surface area contributed by atoms with E-state index in [0.29, 0.717) is 17.5 Å². The van der Waals surface area contributed by atoms with E-state index < -0.39 is 0 Å². The third kappa shape index (κ3) is 5.12. The Morgan fingerprint density at radius 3 is 1.89 bits per heavy atom. The second-order valence-corrected chi connectivity index (χ2v) is 15.5. The molecule has 0 unspecified atom stereocenters. The summed E-state index contributed by atoms with van der Waals surface area (Å²) in [6.07, 6.45) is 0. The molecule has 12 rings (SSSR count). The van der Waals surface area contributed by atoms with E-state index in [1.165, 1.54) is 42.0 Å². The van der Waals surface area contributed by atoms with Crippen LogP contribution in [0.2, 0.25) is 0 Å². The van der Waals surface area contributed by atoms with Gasteiger partial charge in [-0.1, -0.05) is 115 Å². The minimum Gasteiger partial charge on any atom is -0.456 e. The van der Waals surface area contributed by atoms with Gasteiger partial charge in [-0.15, -0.1) is 11.3 Å². The van der Waals surface area contributed by atoms with Crippen LogP contribution in [-0.4, -0.2) is 19.5 Å². The van der Waals surface area contributed by atoms with Crippen LogP contribution in [0.3, 0.4) is 0 Å². The molecule has 266 valence electrons. The molecule has 12 aromatic rings. The van der Waals surface area contributed by atoms with Crippen molar-refractivity contribution in [1.82, 2.24) is 19.5 Å². The number of nitrogens with zero attached hydrogens (tertiary/aromatic N) is 4. The molecule has 0 N–H and O–H groups in total. The van der Waals surface area contributed by atoms with Gasteiger partial charge in [-0.25, -0.2) is 15.0 Å².